The van der Waals surface area contributed by atoms with Gasteiger partial charge in [-0.1, -0.05) is 48.0 Å². The largest absolute Gasteiger partial charge is 0.508 e. The minimum absolute atomic E-state index is 0.131. The van der Waals surface area contributed by atoms with E-state index in [4.69, 9.17) is 42.6 Å². The van der Waals surface area contributed by atoms with Gasteiger partial charge in [0, 0.05) is 15.1 Å². The Morgan fingerprint density at radius 1 is 0.880 bits per heavy atom. The number of phenols is 2. The zero-order valence-electron chi connectivity index (χ0n) is 26.8. The standard InChI is InChI=1S/C28H21BrClN7O2.C7H9BO3/c1-15-11-16(9-10-21(15)38)25-24-26(31)32-14-33-27(24)37(35-25)13-22-34-20-8-4-6-18(29)23(20)28(39)36(22)12-17-5-2-3-7-19(17)30;1-5-4-6(8(10)11)2-3-7(5)9/h2-11,14,38H,12-13H2,1H3,(H2,31,32,33);2-4,9-11H,1H3. The second-order valence-electron chi connectivity index (χ2n) is 11.5. The van der Waals surface area contributed by atoms with Crippen LogP contribution in [0.15, 0.2) is 94.5 Å². The second-order valence-corrected chi connectivity index (χ2v) is 12.8. The number of phenolic OH excluding ortho intramolecular Hbond substituents is 2. The maximum atomic E-state index is 13.8. The van der Waals surface area contributed by atoms with E-state index in [-0.39, 0.29) is 36.0 Å². The number of rotatable bonds is 6. The third-order valence-corrected chi connectivity index (χ3v) is 9.17. The molecule has 0 unspecified atom stereocenters. The van der Waals surface area contributed by atoms with Gasteiger partial charge >= 0.3 is 7.12 Å². The summed E-state index contributed by atoms with van der Waals surface area (Å²) in [4.78, 5) is 27.4. The van der Waals surface area contributed by atoms with Crippen LogP contribution in [-0.2, 0) is 13.1 Å². The molecule has 0 saturated carbocycles. The van der Waals surface area contributed by atoms with Crippen LogP contribution in [0.3, 0.4) is 0 Å². The smallest absolute Gasteiger partial charge is 0.488 e. The predicted octanol–water partition coefficient (Wildman–Crippen LogP) is 4.69. The number of benzene rings is 4. The molecule has 0 radical (unpaired) electrons. The summed E-state index contributed by atoms with van der Waals surface area (Å²) in [6, 6.07) is 22.5. The molecule has 50 heavy (non-hydrogen) atoms. The summed E-state index contributed by atoms with van der Waals surface area (Å²) in [6.07, 6.45) is 1.38. The molecule has 0 amide bonds. The molecule has 0 atom stereocenters. The van der Waals surface area contributed by atoms with E-state index < -0.39 is 7.12 Å². The van der Waals surface area contributed by atoms with E-state index in [1.54, 1.807) is 40.4 Å². The molecule has 7 rings (SSSR count). The summed E-state index contributed by atoms with van der Waals surface area (Å²) in [5.41, 5.74) is 11.0. The van der Waals surface area contributed by atoms with Gasteiger partial charge in [0.15, 0.2) is 5.65 Å². The van der Waals surface area contributed by atoms with Gasteiger partial charge in [0.05, 0.1) is 22.8 Å². The molecule has 0 aliphatic heterocycles. The fourth-order valence-corrected chi connectivity index (χ4v) is 6.19. The summed E-state index contributed by atoms with van der Waals surface area (Å²) < 4.78 is 3.93. The molecule has 0 saturated heterocycles. The molecule has 3 aromatic heterocycles. The number of aromatic nitrogens is 6. The van der Waals surface area contributed by atoms with Crippen LogP contribution in [0.1, 0.15) is 22.5 Å². The van der Waals surface area contributed by atoms with E-state index in [2.05, 4.69) is 25.9 Å². The van der Waals surface area contributed by atoms with Crippen molar-refractivity contribution < 1.29 is 20.3 Å². The minimum Gasteiger partial charge on any atom is -0.508 e. The number of hydrogen-bond donors (Lipinski definition) is 5. The van der Waals surface area contributed by atoms with E-state index in [0.717, 1.165) is 11.1 Å². The lowest BCUT2D eigenvalue weighted by Crippen LogP contribution is -2.29. The van der Waals surface area contributed by atoms with E-state index in [1.165, 1.54) is 24.5 Å². The van der Waals surface area contributed by atoms with Crippen molar-refractivity contribution in [1.82, 2.24) is 29.3 Å². The Morgan fingerprint density at radius 2 is 1.60 bits per heavy atom. The van der Waals surface area contributed by atoms with Gasteiger partial charge in [-0.25, -0.2) is 19.6 Å². The van der Waals surface area contributed by atoms with Crippen molar-refractivity contribution in [2.24, 2.45) is 0 Å². The van der Waals surface area contributed by atoms with E-state index in [9.17, 15) is 9.90 Å². The van der Waals surface area contributed by atoms with Gasteiger partial charge in [0.25, 0.3) is 5.56 Å². The van der Waals surface area contributed by atoms with Gasteiger partial charge in [0.2, 0.25) is 0 Å². The first kappa shape index (κ1) is 34.6. The summed E-state index contributed by atoms with van der Waals surface area (Å²) >= 11 is 9.98. The molecule has 12 nitrogen and oxygen atoms in total. The number of nitrogens with zero attached hydrogens (tertiary/aromatic N) is 6. The zero-order chi connectivity index (χ0) is 35.7. The lowest BCUT2D eigenvalue weighted by Gasteiger charge is -2.15. The van der Waals surface area contributed by atoms with Crippen molar-refractivity contribution in [2.45, 2.75) is 26.9 Å². The zero-order valence-corrected chi connectivity index (χ0v) is 29.1. The average molecular weight is 755 g/mol. The first-order valence-electron chi connectivity index (χ1n) is 15.3. The number of fused-ring (bicyclic) bond motifs is 2. The van der Waals surface area contributed by atoms with Crippen molar-refractivity contribution >= 4 is 67.9 Å². The molecule has 0 fully saturated rings. The molecule has 7 aromatic rings. The average Bonchev–Trinajstić information content (AvgIpc) is 3.45. The quantitative estimate of drug-likeness (QED) is 0.149. The lowest BCUT2D eigenvalue weighted by atomic mass is 9.79. The molecule has 0 spiro atoms. The number of halogens is 2. The molecule has 15 heteroatoms. The Labute approximate surface area is 299 Å². The highest BCUT2D eigenvalue weighted by atomic mass is 79.9. The van der Waals surface area contributed by atoms with Crippen molar-refractivity contribution in [1.29, 1.82) is 0 Å². The van der Waals surface area contributed by atoms with Gasteiger partial charge in [-0.15, -0.1) is 0 Å². The van der Waals surface area contributed by atoms with Crippen LogP contribution in [0.25, 0.3) is 33.2 Å². The molecule has 6 N–H and O–H groups in total. The Kier molecular flexibility index (Phi) is 9.89. The third-order valence-electron chi connectivity index (χ3n) is 8.14. The van der Waals surface area contributed by atoms with Crippen molar-refractivity contribution in [2.75, 3.05) is 5.73 Å². The van der Waals surface area contributed by atoms with Gasteiger partial charge < -0.3 is 26.0 Å². The van der Waals surface area contributed by atoms with Crippen LogP contribution in [0.5, 0.6) is 11.5 Å². The fraction of sp³-hybridized carbons (Fsp3) is 0.114. The Morgan fingerprint density at radius 3 is 2.30 bits per heavy atom. The van der Waals surface area contributed by atoms with Gasteiger partial charge in [-0.3, -0.25) is 9.36 Å². The Bertz CT molecular complexity index is 2450. The molecule has 252 valence electrons. The van der Waals surface area contributed by atoms with Gasteiger partial charge in [-0.05, 0) is 94.4 Å². The van der Waals surface area contributed by atoms with Crippen LogP contribution < -0.4 is 16.8 Å². The molecule has 0 aliphatic carbocycles. The van der Waals surface area contributed by atoms with Crippen LogP contribution in [0, 0.1) is 13.8 Å². The molecule has 4 aromatic carbocycles. The lowest BCUT2D eigenvalue weighted by molar-refractivity contribution is 0.425. The molecular formula is C35H30BBrClN7O5. The van der Waals surface area contributed by atoms with E-state index in [0.29, 0.717) is 59.5 Å². The predicted molar refractivity (Wildman–Crippen MR) is 198 cm³/mol. The molecular weight excluding hydrogens is 725 g/mol. The highest BCUT2D eigenvalue weighted by molar-refractivity contribution is 9.10. The minimum atomic E-state index is -1.46. The number of nitrogen functional groups attached to an aromatic ring is 1. The van der Waals surface area contributed by atoms with Crippen molar-refractivity contribution in [3.8, 4) is 22.8 Å². The first-order valence-corrected chi connectivity index (χ1v) is 16.4. The van der Waals surface area contributed by atoms with Crippen LogP contribution in [0.2, 0.25) is 5.02 Å². The highest BCUT2D eigenvalue weighted by Gasteiger charge is 2.21. The summed E-state index contributed by atoms with van der Waals surface area (Å²) in [5, 5.41) is 43.0. The first-order chi connectivity index (χ1) is 23.9. The topological polar surface area (TPSA) is 185 Å². The van der Waals surface area contributed by atoms with Crippen LogP contribution >= 0.6 is 27.5 Å². The molecule has 0 aliphatic rings. The Hall–Kier alpha value is -5.28. The summed E-state index contributed by atoms with van der Waals surface area (Å²) in [5.74, 6) is 1.09. The van der Waals surface area contributed by atoms with Crippen molar-refractivity contribution in [3.63, 3.8) is 0 Å². The monoisotopic (exact) mass is 753 g/mol. The van der Waals surface area contributed by atoms with Crippen molar-refractivity contribution in [3.05, 3.63) is 128 Å². The number of aromatic hydroxyl groups is 2. The van der Waals surface area contributed by atoms with Gasteiger partial charge in [-0.2, -0.15) is 5.10 Å². The summed E-state index contributed by atoms with van der Waals surface area (Å²) in [6.45, 7) is 3.86. The normalized spacial score (nSPS) is 11.1. The molecule has 3 heterocycles. The highest BCUT2D eigenvalue weighted by Crippen LogP contribution is 2.33. The maximum absolute atomic E-state index is 13.8. The van der Waals surface area contributed by atoms with Crippen LogP contribution in [-0.4, -0.2) is 56.7 Å². The van der Waals surface area contributed by atoms with Gasteiger partial charge in [0.1, 0.15) is 41.7 Å². The van der Waals surface area contributed by atoms with E-state index >= 15 is 0 Å². The SMILES string of the molecule is Cc1cc(-c2nn(Cc3nc4cccc(Br)c4c(=O)n3Cc3ccccc3Cl)c3ncnc(N)c23)ccc1O.Cc1cc(B(O)O)ccc1O. The Balaban J connectivity index is 0.000000336. The summed E-state index contributed by atoms with van der Waals surface area (Å²) in [7, 11) is -1.46. The number of aryl methyl sites for hydroxylation is 2. The molecule has 0 bridgehead atoms. The maximum Gasteiger partial charge on any atom is 0.488 e. The fourth-order valence-electron chi connectivity index (χ4n) is 5.47. The number of anilines is 1. The third kappa shape index (κ3) is 6.91. The second kappa shape index (κ2) is 14.3. The number of hydrogen-bond acceptors (Lipinski definition) is 10. The number of nitrogens with two attached hydrogens (primary N) is 1. The van der Waals surface area contributed by atoms with E-state index in [1.807, 2.05) is 43.3 Å². The van der Waals surface area contributed by atoms with Crippen LogP contribution in [0.4, 0.5) is 5.82 Å².